The molecule has 0 aliphatic rings. The van der Waals surface area contributed by atoms with Crippen molar-refractivity contribution < 1.29 is 90.4 Å². The van der Waals surface area contributed by atoms with Crippen LogP contribution < -0.4 is 45.5 Å². The molecule has 0 saturated carbocycles. The first-order chi connectivity index (χ1) is 14.3. The zero-order chi connectivity index (χ0) is 23.0. The molecule has 0 saturated heterocycles. The van der Waals surface area contributed by atoms with Crippen LogP contribution in [0, 0.1) is 0 Å². The van der Waals surface area contributed by atoms with Gasteiger partial charge in [-0.3, -0.25) is 0 Å². The monoisotopic (exact) mass is 594 g/mol. The molecule has 0 heterocycles. The third kappa shape index (κ3) is 9.51. The first-order valence-electron chi connectivity index (χ1n) is 8.25. The minimum atomic E-state index is -4.82. The van der Waals surface area contributed by atoms with Crippen LogP contribution in [0.15, 0.2) is 87.5 Å². The zero-order valence-corrected chi connectivity index (χ0v) is 23.6. The average molecular weight is 595 g/mol. The summed E-state index contributed by atoms with van der Waals surface area (Å²) in [4.78, 5) is -1.63. The van der Waals surface area contributed by atoms with Crippen molar-refractivity contribution in [2.75, 3.05) is 0 Å². The van der Waals surface area contributed by atoms with Crippen LogP contribution in [0.2, 0.25) is 0 Å². The van der Waals surface area contributed by atoms with E-state index in [9.17, 15) is 38.9 Å². The number of hydrogen-bond acceptors (Lipinski definition) is 9. The number of hydrogen-bond donors (Lipinski definition) is 0. The van der Waals surface area contributed by atoms with Gasteiger partial charge in [-0.2, -0.15) is 0 Å². The van der Waals surface area contributed by atoms with Crippen molar-refractivity contribution >= 4 is 54.2 Å². The summed E-state index contributed by atoms with van der Waals surface area (Å²) >= 11 is 0. The summed E-state index contributed by atoms with van der Waals surface area (Å²) < 4.78 is 103. The van der Waals surface area contributed by atoms with E-state index in [0.717, 1.165) is 36.4 Å². The molecule has 3 aromatic carbocycles. The maximum Gasteiger partial charge on any atom is 1.00 e. The Kier molecular flexibility index (Phi) is 15.8. The summed E-state index contributed by atoms with van der Waals surface area (Å²) in [6.45, 7) is 0. The Balaban J connectivity index is -0.00000218. The van der Waals surface area contributed by atoms with Crippen LogP contribution in [0.4, 0.5) is 0 Å². The predicted molar refractivity (Wildman–Crippen MR) is 123 cm³/mol. The van der Waals surface area contributed by atoms with Gasteiger partial charge >= 0.3 is 29.6 Å². The van der Waals surface area contributed by atoms with Gasteiger partial charge in [0.25, 0.3) is 0 Å². The Bertz CT molecular complexity index is 1300. The SMILES string of the molecule is O.O.O.O.O=S(=O)([O-])c1cccc(P(c2cccc(S(=O)(=O)[O-])c2)c2cccc(S(=O)(=O)[O-])c2)c1.[Na+]. The molecule has 36 heavy (non-hydrogen) atoms. The normalized spacial score (nSPS) is 11.0. The molecule has 0 spiro atoms. The molecular formula is C18H20NaO13PS3-2. The summed E-state index contributed by atoms with van der Waals surface area (Å²) in [6, 6.07) is 14.8. The summed E-state index contributed by atoms with van der Waals surface area (Å²) in [5, 5.41) is 0.772. The number of rotatable bonds is 6. The van der Waals surface area contributed by atoms with Crippen LogP contribution in [0.5, 0.6) is 0 Å². The third-order valence-corrected chi connectivity index (χ3v) is 8.97. The van der Waals surface area contributed by atoms with E-state index in [1.54, 1.807) is 0 Å². The van der Waals surface area contributed by atoms with Gasteiger partial charge in [0.05, 0.1) is 14.7 Å². The van der Waals surface area contributed by atoms with Crippen molar-refractivity contribution in [1.82, 2.24) is 0 Å². The van der Waals surface area contributed by atoms with Gasteiger partial charge in [0.1, 0.15) is 30.4 Å². The van der Waals surface area contributed by atoms with E-state index in [1.807, 2.05) is 0 Å². The van der Waals surface area contributed by atoms with Crippen molar-refractivity contribution in [2.24, 2.45) is 0 Å². The minimum absolute atomic E-state index is 0. The van der Waals surface area contributed by atoms with Crippen LogP contribution in [-0.4, -0.2) is 60.8 Å². The van der Waals surface area contributed by atoms with Crippen LogP contribution in [0.25, 0.3) is 0 Å². The quantitative estimate of drug-likeness (QED) is 0.149. The second kappa shape index (κ2) is 14.6. The van der Waals surface area contributed by atoms with E-state index in [1.165, 1.54) is 36.4 Å². The standard InChI is InChI=1S/C18H15O9PS3.Na.4H2O/c19-29(20,21)16-7-1-4-13(10-16)28(14-5-2-8-17(11-14)30(22,23)24)15-6-3-9-18(12-15)31(25,26)27;;;;;/h1-12H,(H,19,20,21)(H,22,23,24)(H,25,26,27);;4*1H2/q;+1;;;;/p-3. The molecule has 0 fully saturated rings. The van der Waals surface area contributed by atoms with Crippen molar-refractivity contribution in [2.45, 2.75) is 14.7 Å². The molecule has 196 valence electrons. The molecule has 0 bridgehead atoms. The van der Waals surface area contributed by atoms with Crippen LogP contribution in [-0.2, 0) is 30.4 Å². The first kappa shape index (κ1) is 39.2. The Morgan fingerprint density at radius 1 is 0.472 bits per heavy atom. The van der Waals surface area contributed by atoms with Gasteiger partial charge in [-0.25, -0.2) is 25.3 Å². The van der Waals surface area contributed by atoms with Gasteiger partial charge in [0, 0.05) is 0 Å². The second-order valence-corrected chi connectivity index (χ2v) is 12.5. The molecule has 0 aliphatic heterocycles. The second-order valence-electron chi connectivity index (χ2n) is 6.19. The van der Waals surface area contributed by atoms with E-state index in [4.69, 9.17) is 0 Å². The van der Waals surface area contributed by atoms with Crippen LogP contribution in [0.3, 0.4) is 0 Å². The smallest absolute Gasteiger partial charge is 0.744 e. The number of benzene rings is 3. The Hall–Kier alpha value is -1.34. The molecular weight excluding hydrogens is 574 g/mol. The Labute approximate surface area is 230 Å². The minimum Gasteiger partial charge on any atom is -0.744 e. The Morgan fingerprint density at radius 3 is 0.889 bits per heavy atom. The molecule has 0 amide bonds. The fourth-order valence-corrected chi connectivity index (χ4v) is 7.00. The fraction of sp³-hybridized carbons (Fsp3) is 0. The van der Waals surface area contributed by atoms with Gasteiger partial charge < -0.3 is 35.6 Å². The van der Waals surface area contributed by atoms with E-state index in [-0.39, 0.29) is 67.4 Å². The summed E-state index contributed by atoms with van der Waals surface area (Å²) in [5.74, 6) is 0. The van der Waals surface area contributed by atoms with Gasteiger partial charge in [-0.15, -0.1) is 0 Å². The average Bonchev–Trinajstić information content (AvgIpc) is 2.67. The largest absolute Gasteiger partial charge is 1.00 e. The summed E-state index contributed by atoms with van der Waals surface area (Å²) in [7, 11) is -16.3. The molecule has 3 aromatic rings. The third-order valence-electron chi connectivity index (χ3n) is 4.09. The zero-order valence-electron chi connectivity index (χ0n) is 18.3. The fourth-order valence-electron chi connectivity index (χ4n) is 2.78. The first-order valence-corrected chi connectivity index (χ1v) is 13.8. The molecule has 13 nitrogen and oxygen atoms in total. The maximum absolute atomic E-state index is 11.5. The van der Waals surface area contributed by atoms with E-state index < -0.39 is 53.0 Å². The van der Waals surface area contributed by atoms with Crippen molar-refractivity contribution in [3.8, 4) is 0 Å². The van der Waals surface area contributed by atoms with Gasteiger partial charge in [-0.1, -0.05) is 36.4 Å². The van der Waals surface area contributed by atoms with Gasteiger partial charge in [0.2, 0.25) is 0 Å². The molecule has 8 N–H and O–H groups in total. The molecule has 0 aliphatic carbocycles. The van der Waals surface area contributed by atoms with E-state index in [0.29, 0.717) is 0 Å². The van der Waals surface area contributed by atoms with Crippen LogP contribution >= 0.6 is 7.92 Å². The molecule has 0 unspecified atom stereocenters. The maximum atomic E-state index is 11.5. The molecule has 0 radical (unpaired) electrons. The van der Waals surface area contributed by atoms with Crippen LogP contribution in [0.1, 0.15) is 0 Å². The van der Waals surface area contributed by atoms with Crippen molar-refractivity contribution in [3.63, 3.8) is 0 Å². The van der Waals surface area contributed by atoms with Crippen molar-refractivity contribution in [1.29, 1.82) is 0 Å². The van der Waals surface area contributed by atoms with Gasteiger partial charge in [0.15, 0.2) is 0 Å². The molecule has 0 atom stereocenters. The van der Waals surface area contributed by atoms with Crippen molar-refractivity contribution in [3.05, 3.63) is 72.8 Å². The van der Waals surface area contributed by atoms with E-state index >= 15 is 0 Å². The summed E-state index contributed by atoms with van der Waals surface area (Å²) in [6.07, 6.45) is 0. The molecule has 0 aromatic heterocycles. The topological polar surface area (TPSA) is 298 Å². The Morgan fingerprint density at radius 2 is 0.694 bits per heavy atom. The van der Waals surface area contributed by atoms with Gasteiger partial charge in [-0.05, 0) is 60.2 Å². The molecule has 18 heteroatoms. The molecule has 3 rings (SSSR count). The predicted octanol–water partition coefficient (Wildman–Crippen LogP) is -6.14. The summed E-state index contributed by atoms with van der Waals surface area (Å²) in [5.41, 5.74) is 0. The van der Waals surface area contributed by atoms with E-state index in [2.05, 4.69) is 0 Å².